The van der Waals surface area contributed by atoms with Crippen LogP contribution in [0, 0.1) is 5.82 Å². The van der Waals surface area contributed by atoms with Crippen molar-refractivity contribution < 1.29 is 28.2 Å². The van der Waals surface area contributed by atoms with E-state index in [4.69, 9.17) is 25.8 Å². The van der Waals surface area contributed by atoms with Gasteiger partial charge in [0.2, 0.25) is 0 Å². The first-order valence-electron chi connectivity index (χ1n) is 9.82. The summed E-state index contributed by atoms with van der Waals surface area (Å²) in [5.74, 6) is -1.40. The molecule has 10 heteroatoms. The van der Waals surface area contributed by atoms with Gasteiger partial charge in [-0.15, -0.1) is 0 Å². The molecule has 0 bridgehead atoms. The normalized spacial score (nSPS) is 17.6. The molecule has 2 heterocycles. The van der Waals surface area contributed by atoms with E-state index >= 15 is 4.39 Å². The molecule has 8 nitrogen and oxygen atoms in total. The maximum absolute atomic E-state index is 15.1. The SMILES string of the molecule is COC(=O)[C@@H]1CC(OC)c2cc(-c3c(NC(=O)OC(C)(C)C)ccc(Cl)c3F)cc(=O)n21. The highest BCUT2D eigenvalue weighted by Gasteiger charge is 2.37. The van der Waals surface area contributed by atoms with Crippen molar-refractivity contribution in [3.8, 4) is 11.1 Å². The lowest BCUT2D eigenvalue weighted by molar-refractivity contribution is -0.144. The van der Waals surface area contributed by atoms with Crippen LogP contribution < -0.4 is 10.9 Å². The molecule has 3 rings (SSSR count). The second kappa shape index (κ2) is 8.91. The van der Waals surface area contributed by atoms with Crippen molar-refractivity contribution >= 4 is 29.4 Å². The summed E-state index contributed by atoms with van der Waals surface area (Å²) in [7, 11) is 2.68. The minimum atomic E-state index is -0.856. The van der Waals surface area contributed by atoms with Gasteiger partial charge in [0.25, 0.3) is 5.56 Å². The average Bonchev–Trinajstić information content (AvgIpc) is 3.08. The highest BCUT2D eigenvalue weighted by Crippen LogP contribution is 2.40. The van der Waals surface area contributed by atoms with Crippen molar-refractivity contribution in [2.75, 3.05) is 19.5 Å². The second-order valence-corrected chi connectivity index (χ2v) is 8.69. The zero-order valence-corrected chi connectivity index (χ0v) is 19.1. The summed E-state index contributed by atoms with van der Waals surface area (Å²) in [6.07, 6.45) is -1.18. The molecule has 0 radical (unpaired) electrons. The number of pyridine rings is 1. The summed E-state index contributed by atoms with van der Waals surface area (Å²) < 4.78 is 31.9. The third-order valence-electron chi connectivity index (χ3n) is 4.95. The maximum Gasteiger partial charge on any atom is 0.412 e. The molecule has 1 aromatic heterocycles. The van der Waals surface area contributed by atoms with Crippen LogP contribution in [0.15, 0.2) is 29.1 Å². The van der Waals surface area contributed by atoms with Crippen molar-refractivity contribution in [3.63, 3.8) is 0 Å². The van der Waals surface area contributed by atoms with E-state index in [1.54, 1.807) is 20.8 Å². The van der Waals surface area contributed by atoms with Gasteiger partial charge in [0.05, 0.1) is 29.6 Å². The number of rotatable bonds is 4. The number of aromatic nitrogens is 1. The van der Waals surface area contributed by atoms with Crippen LogP contribution in [0.5, 0.6) is 0 Å². The number of ether oxygens (including phenoxy) is 3. The Bertz CT molecular complexity index is 1120. The van der Waals surface area contributed by atoms with Gasteiger partial charge >= 0.3 is 12.1 Å². The summed E-state index contributed by atoms with van der Waals surface area (Å²) in [6.45, 7) is 5.08. The first-order valence-corrected chi connectivity index (χ1v) is 10.2. The fraction of sp³-hybridized carbons (Fsp3) is 0.409. The largest absolute Gasteiger partial charge is 0.467 e. The fourth-order valence-electron chi connectivity index (χ4n) is 3.66. The minimum absolute atomic E-state index is 0.0713. The lowest BCUT2D eigenvalue weighted by Crippen LogP contribution is -2.28. The number of hydrogen-bond donors (Lipinski definition) is 1. The molecule has 1 aliphatic heterocycles. The summed E-state index contributed by atoms with van der Waals surface area (Å²) in [6, 6.07) is 4.56. The Morgan fingerprint density at radius 2 is 1.91 bits per heavy atom. The molecule has 0 fully saturated rings. The molecule has 32 heavy (non-hydrogen) atoms. The van der Waals surface area contributed by atoms with Gasteiger partial charge in [-0.25, -0.2) is 14.0 Å². The molecule has 1 aromatic carbocycles. The standard InChI is InChI=1S/C22H24ClFN2O6/c1-22(2,3)32-21(29)25-13-7-6-12(23)19(24)18(13)11-8-14-16(30-4)10-15(20(28)31-5)26(14)17(27)9-11/h6-9,15-16H,10H2,1-5H3,(H,25,29)/t15-,16?/m0/s1. The Morgan fingerprint density at radius 1 is 1.22 bits per heavy atom. The molecule has 1 unspecified atom stereocenters. The number of methoxy groups -OCH3 is 2. The number of carbonyl (C=O) groups is 2. The van der Waals surface area contributed by atoms with Gasteiger partial charge < -0.3 is 14.2 Å². The van der Waals surface area contributed by atoms with Gasteiger partial charge in [-0.2, -0.15) is 0 Å². The van der Waals surface area contributed by atoms with E-state index in [9.17, 15) is 14.4 Å². The van der Waals surface area contributed by atoms with Crippen molar-refractivity contribution in [1.82, 2.24) is 4.57 Å². The first-order chi connectivity index (χ1) is 15.0. The Hall–Kier alpha value is -2.91. The van der Waals surface area contributed by atoms with Crippen LogP contribution in [0.25, 0.3) is 11.1 Å². The molecule has 0 saturated carbocycles. The van der Waals surface area contributed by atoms with Crippen molar-refractivity contribution in [2.24, 2.45) is 0 Å². The Morgan fingerprint density at radius 3 is 2.50 bits per heavy atom. The smallest absolute Gasteiger partial charge is 0.412 e. The maximum atomic E-state index is 15.1. The molecule has 0 spiro atoms. The van der Waals surface area contributed by atoms with Crippen molar-refractivity contribution in [3.05, 3.63) is 51.2 Å². The molecule has 0 aliphatic carbocycles. The number of carbonyl (C=O) groups excluding carboxylic acids is 2. The molecule has 172 valence electrons. The van der Waals surface area contributed by atoms with E-state index < -0.39 is 41.2 Å². The van der Waals surface area contributed by atoms with Gasteiger partial charge in [0.1, 0.15) is 11.6 Å². The van der Waals surface area contributed by atoms with Gasteiger partial charge in [0, 0.05) is 25.2 Å². The Balaban J connectivity index is 2.14. The van der Waals surface area contributed by atoms with E-state index in [0.29, 0.717) is 5.69 Å². The third kappa shape index (κ3) is 4.63. The van der Waals surface area contributed by atoms with E-state index in [1.165, 1.54) is 43.1 Å². The Labute approximate surface area is 189 Å². The summed E-state index contributed by atoms with van der Waals surface area (Å²) in [4.78, 5) is 37.4. The van der Waals surface area contributed by atoms with Gasteiger partial charge in [-0.3, -0.25) is 14.7 Å². The zero-order chi connectivity index (χ0) is 23.8. The van der Waals surface area contributed by atoms with Gasteiger partial charge in [0.15, 0.2) is 5.82 Å². The number of halogens is 2. The van der Waals surface area contributed by atoms with Crippen LogP contribution in [0.2, 0.25) is 5.02 Å². The molecular formula is C22H24ClFN2O6. The van der Waals surface area contributed by atoms with Crippen LogP contribution in [-0.2, 0) is 19.0 Å². The predicted molar refractivity (Wildman–Crippen MR) is 116 cm³/mol. The second-order valence-electron chi connectivity index (χ2n) is 8.29. The minimum Gasteiger partial charge on any atom is -0.467 e. The molecular weight excluding hydrogens is 443 g/mol. The number of esters is 1. The predicted octanol–water partition coefficient (Wildman–Crippen LogP) is 4.46. The molecule has 0 saturated heterocycles. The molecule has 1 amide bonds. The first kappa shape index (κ1) is 23.7. The number of fused-ring (bicyclic) bond motifs is 1. The van der Waals surface area contributed by atoms with E-state index in [1.807, 2.05) is 0 Å². The quantitative estimate of drug-likeness (QED) is 0.668. The highest BCUT2D eigenvalue weighted by molar-refractivity contribution is 6.31. The van der Waals surface area contributed by atoms with Crippen molar-refractivity contribution in [1.29, 1.82) is 0 Å². The van der Waals surface area contributed by atoms with Gasteiger partial charge in [-0.05, 0) is 44.5 Å². The van der Waals surface area contributed by atoms with E-state index in [-0.39, 0.29) is 28.3 Å². The number of hydrogen-bond acceptors (Lipinski definition) is 6. The number of anilines is 1. The average molecular weight is 467 g/mol. The number of nitrogens with one attached hydrogen (secondary N) is 1. The summed E-state index contributed by atoms with van der Waals surface area (Å²) in [5.41, 5.74) is -0.777. The summed E-state index contributed by atoms with van der Waals surface area (Å²) in [5, 5.41) is 2.32. The molecule has 1 N–H and O–H groups in total. The third-order valence-corrected chi connectivity index (χ3v) is 5.25. The van der Waals surface area contributed by atoms with Crippen LogP contribution in [0.4, 0.5) is 14.9 Å². The van der Waals surface area contributed by atoms with Crippen LogP contribution in [0.3, 0.4) is 0 Å². The van der Waals surface area contributed by atoms with E-state index in [2.05, 4.69) is 5.32 Å². The van der Waals surface area contributed by atoms with Gasteiger partial charge in [-0.1, -0.05) is 11.6 Å². The molecule has 1 aliphatic rings. The van der Waals surface area contributed by atoms with Crippen LogP contribution >= 0.6 is 11.6 Å². The monoisotopic (exact) mass is 466 g/mol. The lowest BCUT2D eigenvalue weighted by Gasteiger charge is -2.21. The number of nitrogens with zero attached hydrogens (tertiary/aromatic N) is 1. The van der Waals surface area contributed by atoms with Crippen molar-refractivity contribution in [2.45, 2.75) is 44.9 Å². The summed E-state index contributed by atoms with van der Waals surface area (Å²) >= 11 is 5.99. The topological polar surface area (TPSA) is 95.9 Å². The fourth-order valence-corrected chi connectivity index (χ4v) is 3.82. The van der Waals surface area contributed by atoms with Crippen LogP contribution in [0.1, 0.15) is 45.0 Å². The number of amides is 1. The molecule has 2 aromatic rings. The highest BCUT2D eigenvalue weighted by atomic mass is 35.5. The Kier molecular flexibility index (Phi) is 6.61. The van der Waals surface area contributed by atoms with Crippen LogP contribution in [-0.4, -0.2) is 36.5 Å². The van der Waals surface area contributed by atoms with E-state index in [0.717, 1.165) is 0 Å². The molecule has 2 atom stereocenters. The lowest BCUT2D eigenvalue weighted by atomic mass is 10.0. The zero-order valence-electron chi connectivity index (χ0n) is 18.3. The number of benzene rings is 1.